The Morgan fingerprint density at radius 2 is 2.10 bits per heavy atom. The summed E-state index contributed by atoms with van der Waals surface area (Å²) in [5, 5.41) is 4.94. The maximum Gasteiger partial charge on any atom is 0.251 e. The second-order valence-electron chi connectivity index (χ2n) is 5.06. The third kappa shape index (κ3) is 3.61. The van der Waals surface area contributed by atoms with Crippen LogP contribution < -0.4 is 10.1 Å². The lowest BCUT2D eigenvalue weighted by atomic mass is 10.0. The second kappa shape index (κ2) is 6.72. The normalized spacial score (nSPS) is 12.2. The second-order valence-corrected chi connectivity index (χ2v) is 6.04. The largest absolute Gasteiger partial charge is 0.494 e. The van der Waals surface area contributed by atoms with Gasteiger partial charge in [0.25, 0.3) is 5.91 Å². The maximum absolute atomic E-state index is 13.7. The number of thiophene rings is 1. The Morgan fingerprint density at radius 3 is 2.62 bits per heavy atom. The van der Waals surface area contributed by atoms with Crippen LogP contribution in [0.15, 0.2) is 35.7 Å². The zero-order valence-electron chi connectivity index (χ0n) is 12.2. The molecular weight excluding hydrogens is 289 g/mol. The first-order chi connectivity index (χ1) is 10.0. The summed E-state index contributed by atoms with van der Waals surface area (Å²) >= 11 is 1.60. The molecule has 1 heterocycles. The number of amides is 1. The van der Waals surface area contributed by atoms with Crippen LogP contribution in [0.2, 0.25) is 0 Å². The number of nitrogens with one attached hydrogen (secondary N) is 1. The van der Waals surface area contributed by atoms with Gasteiger partial charge in [-0.15, -0.1) is 11.3 Å². The Kier molecular flexibility index (Phi) is 4.96. The number of benzene rings is 1. The molecule has 1 N–H and O–H groups in total. The summed E-state index contributed by atoms with van der Waals surface area (Å²) in [7, 11) is 1.39. The maximum atomic E-state index is 13.7. The van der Waals surface area contributed by atoms with E-state index in [9.17, 15) is 9.18 Å². The summed E-state index contributed by atoms with van der Waals surface area (Å²) in [5.74, 6) is -0.452. The van der Waals surface area contributed by atoms with Crippen molar-refractivity contribution in [1.82, 2.24) is 5.32 Å². The molecule has 0 saturated heterocycles. The van der Waals surface area contributed by atoms with E-state index in [-0.39, 0.29) is 29.2 Å². The van der Waals surface area contributed by atoms with Gasteiger partial charge in [-0.05, 0) is 35.6 Å². The van der Waals surface area contributed by atoms with Crippen molar-refractivity contribution in [3.8, 4) is 5.75 Å². The Balaban J connectivity index is 2.18. The van der Waals surface area contributed by atoms with E-state index >= 15 is 0 Å². The molecule has 0 saturated carbocycles. The minimum Gasteiger partial charge on any atom is -0.494 e. The Labute approximate surface area is 127 Å². The predicted octanol–water partition coefficient (Wildman–Crippen LogP) is 4.02. The van der Waals surface area contributed by atoms with Crippen LogP contribution in [0.25, 0.3) is 0 Å². The van der Waals surface area contributed by atoms with Crippen LogP contribution in [0.4, 0.5) is 4.39 Å². The molecule has 0 spiro atoms. The van der Waals surface area contributed by atoms with Gasteiger partial charge in [-0.25, -0.2) is 4.39 Å². The lowest BCUT2D eigenvalue weighted by molar-refractivity contribution is 0.0926. The lowest BCUT2D eigenvalue weighted by Gasteiger charge is -2.21. The van der Waals surface area contributed by atoms with E-state index in [1.165, 1.54) is 19.2 Å². The Hall–Kier alpha value is -1.88. The molecule has 0 unspecified atom stereocenters. The van der Waals surface area contributed by atoms with Crippen LogP contribution in [-0.4, -0.2) is 13.0 Å². The number of ether oxygens (including phenoxy) is 1. The van der Waals surface area contributed by atoms with Crippen molar-refractivity contribution < 1.29 is 13.9 Å². The van der Waals surface area contributed by atoms with Crippen molar-refractivity contribution in [1.29, 1.82) is 0 Å². The van der Waals surface area contributed by atoms with Gasteiger partial charge >= 0.3 is 0 Å². The smallest absolute Gasteiger partial charge is 0.251 e. The molecule has 0 aliphatic rings. The molecule has 5 heteroatoms. The number of methoxy groups -OCH3 is 1. The van der Waals surface area contributed by atoms with Gasteiger partial charge in [0.15, 0.2) is 11.6 Å². The van der Waals surface area contributed by atoms with E-state index in [2.05, 4.69) is 5.32 Å². The molecular formula is C16H18FNO2S. The van der Waals surface area contributed by atoms with Crippen molar-refractivity contribution in [2.24, 2.45) is 5.92 Å². The molecule has 1 atom stereocenters. The van der Waals surface area contributed by atoms with Crippen molar-refractivity contribution in [3.05, 3.63) is 52.0 Å². The Morgan fingerprint density at radius 1 is 1.33 bits per heavy atom. The topological polar surface area (TPSA) is 38.3 Å². The molecule has 0 aliphatic heterocycles. The first kappa shape index (κ1) is 15.5. The fraction of sp³-hybridized carbons (Fsp3) is 0.312. The zero-order valence-corrected chi connectivity index (χ0v) is 13.0. The van der Waals surface area contributed by atoms with Crippen LogP contribution in [0.3, 0.4) is 0 Å². The quantitative estimate of drug-likeness (QED) is 0.906. The predicted molar refractivity (Wildman–Crippen MR) is 82.3 cm³/mol. The van der Waals surface area contributed by atoms with Gasteiger partial charge < -0.3 is 10.1 Å². The van der Waals surface area contributed by atoms with Crippen LogP contribution in [0, 0.1) is 11.7 Å². The molecule has 1 aromatic heterocycles. The van der Waals surface area contributed by atoms with Gasteiger partial charge in [-0.3, -0.25) is 4.79 Å². The summed E-state index contributed by atoms with van der Waals surface area (Å²) in [4.78, 5) is 13.4. The molecule has 0 fully saturated rings. The SMILES string of the molecule is COc1ccc(C(=O)N[C@@H](c2cccs2)C(C)C)cc1F. The summed E-state index contributed by atoms with van der Waals surface area (Å²) in [6.45, 7) is 4.08. The molecule has 1 amide bonds. The van der Waals surface area contributed by atoms with Crippen molar-refractivity contribution >= 4 is 17.2 Å². The van der Waals surface area contributed by atoms with Gasteiger partial charge in [0.05, 0.1) is 13.2 Å². The number of carbonyl (C=O) groups is 1. The average molecular weight is 307 g/mol. The zero-order chi connectivity index (χ0) is 15.4. The highest BCUT2D eigenvalue weighted by Crippen LogP contribution is 2.26. The van der Waals surface area contributed by atoms with Gasteiger partial charge in [-0.2, -0.15) is 0 Å². The van der Waals surface area contributed by atoms with Gasteiger partial charge in [0, 0.05) is 10.4 Å². The lowest BCUT2D eigenvalue weighted by Crippen LogP contribution is -2.31. The fourth-order valence-corrected chi connectivity index (χ4v) is 3.02. The summed E-state index contributed by atoms with van der Waals surface area (Å²) in [6.07, 6.45) is 0. The fourth-order valence-electron chi connectivity index (χ4n) is 2.07. The molecule has 0 radical (unpaired) electrons. The summed E-state index contributed by atoms with van der Waals surface area (Å²) in [6, 6.07) is 8.07. The number of hydrogen-bond acceptors (Lipinski definition) is 3. The molecule has 112 valence electrons. The first-order valence-corrected chi connectivity index (χ1v) is 7.58. The minimum absolute atomic E-state index is 0.0809. The molecule has 1 aromatic carbocycles. The van der Waals surface area contributed by atoms with Gasteiger partial charge in [0.1, 0.15) is 0 Å². The summed E-state index contributed by atoms with van der Waals surface area (Å²) < 4.78 is 18.5. The third-order valence-electron chi connectivity index (χ3n) is 3.22. The number of carbonyl (C=O) groups excluding carboxylic acids is 1. The number of hydrogen-bond donors (Lipinski definition) is 1. The van der Waals surface area contributed by atoms with Crippen LogP contribution in [-0.2, 0) is 0 Å². The van der Waals surface area contributed by atoms with E-state index in [1.807, 2.05) is 31.4 Å². The number of halogens is 1. The van der Waals surface area contributed by atoms with E-state index in [0.29, 0.717) is 0 Å². The highest BCUT2D eigenvalue weighted by atomic mass is 32.1. The highest BCUT2D eigenvalue weighted by Gasteiger charge is 2.20. The number of rotatable bonds is 5. The van der Waals surface area contributed by atoms with Gasteiger partial charge in [0.2, 0.25) is 0 Å². The first-order valence-electron chi connectivity index (χ1n) is 6.70. The standard InChI is InChI=1S/C16H18FNO2S/c1-10(2)15(14-5-4-8-21-14)18-16(19)11-6-7-13(20-3)12(17)9-11/h4-10,15H,1-3H3,(H,18,19)/t15-/m1/s1. The average Bonchev–Trinajstić information content (AvgIpc) is 2.97. The van der Waals surface area contributed by atoms with Crippen LogP contribution >= 0.6 is 11.3 Å². The molecule has 2 rings (SSSR count). The molecule has 2 aromatic rings. The van der Waals surface area contributed by atoms with Crippen molar-refractivity contribution in [2.45, 2.75) is 19.9 Å². The van der Waals surface area contributed by atoms with E-state index in [1.54, 1.807) is 17.4 Å². The van der Waals surface area contributed by atoms with E-state index < -0.39 is 5.82 Å². The molecule has 0 aliphatic carbocycles. The third-order valence-corrected chi connectivity index (χ3v) is 4.17. The molecule has 21 heavy (non-hydrogen) atoms. The summed E-state index contributed by atoms with van der Waals surface area (Å²) in [5.41, 5.74) is 0.288. The van der Waals surface area contributed by atoms with Crippen molar-refractivity contribution in [3.63, 3.8) is 0 Å². The van der Waals surface area contributed by atoms with E-state index in [0.717, 1.165) is 4.88 Å². The van der Waals surface area contributed by atoms with Gasteiger partial charge in [-0.1, -0.05) is 19.9 Å². The van der Waals surface area contributed by atoms with Crippen LogP contribution in [0.1, 0.15) is 35.1 Å². The van der Waals surface area contributed by atoms with Crippen LogP contribution in [0.5, 0.6) is 5.75 Å². The molecule has 0 bridgehead atoms. The Bertz CT molecular complexity index is 611. The van der Waals surface area contributed by atoms with Crippen molar-refractivity contribution in [2.75, 3.05) is 7.11 Å². The minimum atomic E-state index is -0.539. The monoisotopic (exact) mass is 307 g/mol. The highest BCUT2D eigenvalue weighted by molar-refractivity contribution is 7.10. The molecule has 3 nitrogen and oxygen atoms in total. The van der Waals surface area contributed by atoms with E-state index in [4.69, 9.17) is 4.74 Å².